The molecule has 0 saturated carbocycles. The zero-order chi connectivity index (χ0) is 7.65. The van der Waals surface area contributed by atoms with Crippen molar-refractivity contribution in [2.75, 3.05) is 0 Å². The largest absolute Gasteiger partial charge is 0.480 e. The molecule has 0 saturated heterocycles. The van der Waals surface area contributed by atoms with Crippen LogP contribution in [-0.4, -0.2) is 22.7 Å². The molecule has 0 aliphatic heterocycles. The van der Waals surface area contributed by atoms with Crippen LogP contribution >= 0.6 is 0 Å². The molecule has 0 amide bonds. The number of rotatable bonds is 2. The highest BCUT2D eigenvalue weighted by molar-refractivity contribution is 5.78. The van der Waals surface area contributed by atoms with E-state index in [2.05, 4.69) is 0 Å². The summed E-state index contributed by atoms with van der Waals surface area (Å²) in [5, 5.41) is 8.41. The monoisotopic (exact) mass is 132 g/mol. The first kappa shape index (κ1) is 8.39. The molecule has 0 bridgehead atoms. The van der Waals surface area contributed by atoms with Gasteiger partial charge in [0.05, 0.1) is 0 Å². The zero-order valence-electron chi connectivity index (χ0n) is 5.59. The van der Waals surface area contributed by atoms with Gasteiger partial charge in [-0.3, -0.25) is 4.79 Å². The Balaban J connectivity index is 4.19. The van der Waals surface area contributed by atoms with Crippen molar-refractivity contribution < 1.29 is 9.90 Å². The van der Waals surface area contributed by atoms with E-state index in [1.54, 1.807) is 6.92 Å². The Hall–Kier alpha value is -0.610. The van der Waals surface area contributed by atoms with Crippen molar-refractivity contribution in [3.05, 3.63) is 0 Å². The second-order valence-electron chi connectivity index (χ2n) is 2.38. The van der Waals surface area contributed by atoms with Crippen LogP contribution in [0.3, 0.4) is 0 Å². The molecular weight excluding hydrogens is 120 g/mol. The van der Waals surface area contributed by atoms with Gasteiger partial charge in [0, 0.05) is 6.04 Å². The summed E-state index contributed by atoms with van der Waals surface area (Å²) < 4.78 is 0. The van der Waals surface area contributed by atoms with Crippen LogP contribution in [0.15, 0.2) is 0 Å². The maximum absolute atomic E-state index is 10.3. The van der Waals surface area contributed by atoms with Crippen molar-refractivity contribution in [2.45, 2.75) is 25.4 Å². The molecule has 0 aliphatic carbocycles. The number of hydrogen-bond acceptors (Lipinski definition) is 3. The number of carboxylic acids is 1. The Labute approximate surface area is 53.8 Å². The van der Waals surface area contributed by atoms with Crippen LogP contribution in [0.5, 0.6) is 0 Å². The van der Waals surface area contributed by atoms with Crippen LogP contribution < -0.4 is 11.5 Å². The van der Waals surface area contributed by atoms with E-state index in [1.807, 2.05) is 0 Å². The number of carbonyl (C=O) groups is 1. The Morgan fingerprint density at radius 3 is 2.11 bits per heavy atom. The molecule has 2 unspecified atom stereocenters. The van der Waals surface area contributed by atoms with Crippen molar-refractivity contribution in [2.24, 2.45) is 11.5 Å². The first-order valence-electron chi connectivity index (χ1n) is 2.67. The molecule has 0 rings (SSSR count). The van der Waals surface area contributed by atoms with Crippen LogP contribution in [0.2, 0.25) is 0 Å². The summed E-state index contributed by atoms with van der Waals surface area (Å²) in [4.78, 5) is 10.3. The van der Waals surface area contributed by atoms with Gasteiger partial charge in [-0.25, -0.2) is 0 Å². The fraction of sp³-hybridized carbons (Fsp3) is 0.800. The fourth-order valence-corrected chi connectivity index (χ4v) is 0.195. The lowest BCUT2D eigenvalue weighted by Crippen LogP contribution is -2.57. The third-order valence-electron chi connectivity index (χ3n) is 1.41. The van der Waals surface area contributed by atoms with Gasteiger partial charge in [-0.15, -0.1) is 0 Å². The number of hydrogen-bond donors (Lipinski definition) is 3. The van der Waals surface area contributed by atoms with Crippen molar-refractivity contribution in [1.82, 2.24) is 0 Å². The summed E-state index contributed by atoms with van der Waals surface area (Å²) in [6.07, 6.45) is 0. The van der Waals surface area contributed by atoms with Crippen LogP contribution in [0.4, 0.5) is 0 Å². The molecule has 2 atom stereocenters. The topological polar surface area (TPSA) is 89.3 Å². The van der Waals surface area contributed by atoms with Gasteiger partial charge in [0.2, 0.25) is 0 Å². The predicted octanol–water partition coefficient (Wildman–Crippen LogP) is -0.864. The van der Waals surface area contributed by atoms with Crippen LogP contribution in [-0.2, 0) is 4.79 Å². The lowest BCUT2D eigenvalue weighted by Gasteiger charge is -2.22. The summed E-state index contributed by atoms with van der Waals surface area (Å²) in [7, 11) is 0. The smallest absolute Gasteiger partial charge is 0.324 e. The zero-order valence-corrected chi connectivity index (χ0v) is 5.59. The fourth-order valence-electron chi connectivity index (χ4n) is 0.195. The SMILES string of the molecule is CC(N)C(C)(N)C(=O)O. The van der Waals surface area contributed by atoms with E-state index in [9.17, 15) is 4.79 Å². The maximum atomic E-state index is 10.3. The molecular formula is C5H12N2O2. The van der Waals surface area contributed by atoms with Crippen molar-refractivity contribution >= 4 is 5.97 Å². The highest BCUT2D eigenvalue weighted by Crippen LogP contribution is 2.02. The van der Waals surface area contributed by atoms with E-state index >= 15 is 0 Å². The first-order valence-corrected chi connectivity index (χ1v) is 2.67. The third-order valence-corrected chi connectivity index (χ3v) is 1.41. The van der Waals surface area contributed by atoms with E-state index in [0.29, 0.717) is 0 Å². The number of carboxylic acid groups (broad SMARTS) is 1. The first-order chi connectivity index (χ1) is 3.89. The molecule has 4 nitrogen and oxygen atoms in total. The summed E-state index contributed by atoms with van der Waals surface area (Å²) in [6, 6.07) is -0.532. The molecule has 54 valence electrons. The van der Waals surface area contributed by atoms with Crippen molar-refractivity contribution in [3.63, 3.8) is 0 Å². The second-order valence-corrected chi connectivity index (χ2v) is 2.38. The van der Waals surface area contributed by atoms with E-state index in [1.165, 1.54) is 6.92 Å². The quantitative estimate of drug-likeness (QED) is 0.456. The summed E-state index contributed by atoms with van der Waals surface area (Å²) in [6.45, 7) is 2.95. The van der Waals surface area contributed by atoms with Gasteiger partial charge in [0.25, 0.3) is 0 Å². The molecule has 0 aliphatic rings. The summed E-state index contributed by atoms with van der Waals surface area (Å²) >= 11 is 0. The standard InChI is InChI=1S/C5H12N2O2/c1-3(6)5(2,7)4(8)9/h3H,6-7H2,1-2H3,(H,8,9). The molecule has 5 N–H and O–H groups in total. The summed E-state index contributed by atoms with van der Waals surface area (Å²) in [5.41, 5.74) is 9.24. The summed E-state index contributed by atoms with van der Waals surface area (Å²) in [5.74, 6) is -1.07. The lowest BCUT2D eigenvalue weighted by molar-refractivity contribution is -0.143. The normalized spacial score (nSPS) is 20.4. The van der Waals surface area contributed by atoms with Gasteiger partial charge < -0.3 is 16.6 Å². The third kappa shape index (κ3) is 1.65. The molecule has 0 aromatic heterocycles. The molecule has 0 heterocycles. The minimum absolute atomic E-state index is 0.532. The molecule has 9 heavy (non-hydrogen) atoms. The van der Waals surface area contributed by atoms with Crippen LogP contribution in [0, 0.1) is 0 Å². The molecule has 0 aromatic rings. The van der Waals surface area contributed by atoms with E-state index in [4.69, 9.17) is 16.6 Å². The lowest BCUT2D eigenvalue weighted by atomic mass is 9.96. The van der Waals surface area contributed by atoms with E-state index in [-0.39, 0.29) is 0 Å². The Morgan fingerprint density at radius 1 is 1.78 bits per heavy atom. The highest BCUT2D eigenvalue weighted by atomic mass is 16.4. The maximum Gasteiger partial charge on any atom is 0.324 e. The number of aliphatic carboxylic acids is 1. The van der Waals surface area contributed by atoms with Gasteiger partial charge in [0.15, 0.2) is 0 Å². The van der Waals surface area contributed by atoms with Crippen LogP contribution in [0.1, 0.15) is 13.8 Å². The Bertz CT molecular complexity index is 120. The minimum atomic E-state index is -1.31. The van der Waals surface area contributed by atoms with Gasteiger partial charge in [0.1, 0.15) is 5.54 Å². The molecule has 4 heteroatoms. The van der Waals surface area contributed by atoms with E-state index < -0.39 is 17.6 Å². The molecule has 0 spiro atoms. The highest BCUT2D eigenvalue weighted by Gasteiger charge is 2.31. The van der Waals surface area contributed by atoms with Gasteiger partial charge >= 0.3 is 5.97 Å². The Kier molecular flexibility index (Phi) is 2.17. The molecule has 0 fully saturated rings. The predicted molar refractivity (Wildman–Crippen MR) is 33.9 cm³/mol. The van der Waals surface area contributed by atoms with Gasteiger partial charge in [-0.05, 0) is 13.8 Å². The van der Waals surface area contributed by atoms with Gasteiger partial charge in [-0.2, -0.15) is 0 Å². The molecule has 0 aromatic carbocycles. The van der Waals surface area contributed by atoms with E-state index in [0.717, 1.165) is 0 Å². The molecule has 0 radical (unpaired) electrons. The van der Waals surface area contributed by atoms with Crippen molar-refractivity contribution in [3.8, 4) is 0 Å². The van der Waals surface area contributed by atoms with Crippen molar-refractivity contribution in [1.29, 1.82) is 0 Å². The average molecular weight is 132 g/mol. The second kappa shape index (κ2) is 2.33. The van der Waals surface area contributed by atoms with Gasteiger partial charge in [-0.1, -0.05) is 0 Å². The van der Waals surface area contributed by atoms with Crippen LogP contribution in [0.25, 0.3) is 0 Å². The average Bonchev–Trinajstić information content (AvgIpc) is 1.65. The number of nitrogens with two attached hydrogens (primary N) is 2. The Morgan fingerprint density at radius 2 is 2.11 bits per heavy atom. The minimum Gasteiger partial charge on any atom is -0.480 e.